The van der Waals surface area contributed by atoms with Gasteiger partial charge in [0.05, 0.1) is 11.2 Å². The second-order valence-electron chi connectivity index (χ2n) is 11.8. The molecule has 1 N–H and O–H groups in total. The van der Waals surface area contributed by atoms with Crippen LogP contribution in [0.2, 0.25) is 0 Å². The minimum absolute atomic E-state index is 0.0637. The average Bonchev–Trinajstić information content (AvgIpc) is 3.51. The van der Waals surface area contributed by atoms with E-state index in [2.05, 4.69) is 40.5 Å². The van der Waals surface area contributed by atoms with Gasteiger partial charge in [-0.1, -0.05) is 12.1 Å². The van der Waals surface area contributed by atoms with Crippen LogP contribution in [0.5, 0.6) is 5.75 Å². The first-order valence-corrected chi connectivity index (χ1v) is 14.5. The number of hydrogen-bond acceptors (Lipinski definition) is 7. The van der Waals surface area contributed by atoms with Gasteiger partial charge in [0.25, 0.3) is 5.91 Å². The highest BCUT2D eigenvalue weighted by Crippen LogP contribution is 2.43. The number of carbonyl (C=O) groups is 3. The maximum atomic E-state index is 13.0. The molecule has 2 aromatic carbocycles. The summed E-state index contributed by atoms with van der Waals surface area (Å²) in [7, 11) is 1.78. The maximum absolute atomic E-state index is 13.0. The summed E-state index contributed by atoms with van der Waals surface area (Å²) < 4.78 is 12.2. The number of likely N-dealkylation sites (tertiary alicyclic amines) is 1. The molecule has 2 saturated heterocycles. The first kappa shape index (κ1) is 26.1. The van der Waals surface area contributed by atoms with Crippen LogP contribution in [0, 0.1) is 0 Å². The smallest absolute Gasteiger partial charge is 0.255 e. The Hall–Kier alpha value is -3.82. The Labute approximate surface area is 238 Å². The molecule has 9 heteroatoms. The molecule has 1 aliphatic carbocycles. The Balaban J connectivity index is 0.970. The van der Waals surface area contributed by atoms with Crippen molar-refractivity contribution in [3.05, 3.63) is 70.9 Å². The minimum atomic E-state index is -0.613. The summed E-state index contributed by atoms with van der Waals surface area (Å²) >= 11 is 0. The van der Waals surface area contributed by atoms with E-state index in [1.165, 1.54) is 12.0 Å². The van der Waals surface area contributed by atoms with Crippen molar-refractivity contribution in [2.75, 3.05) is 20.2 Å². The molecule has 9 nitrogen and oxygen atoms in total. The number of aromatic nitrogens is 1. The highest BCUT2D eigenvalue weighted by molar-refractivity contribution is 6.05. The van der Waals surface area contributed by atoms with Crippen molar-refractivity contribution in [2.45, 2.75) is 69.4 Å². The van der Waals surface area contributed by atoms with Crippen molar-refractivity contribution in [3.63, 3.8) is 0 Å². The molecular formula is C32H34N4O5. The Morgan fingerprint density at radius 3 is 2.71 bits per heavy atom. The number of nitrogens with zero attached hydrogens (tertiary/aromatic N) is 3. The Bertz CT molecular complexity index is 1540. The monoisotopic (exact) mass is 554 g/mol. The van der Waals surface area contributed by atoms with Gasteiger partial charge >= 0.3 is 0 Å². The molecule has 3 aromatic rings. The molecular weight excluding hydrogens is 520 g/mol. The summed E-state index contributed by atoms with van der Waals surface area (Å²) in [5.74, 6) is -0.115. The standard InChI is InChI=1S/C32H34N4O5/c1-40-32(12-2-13-32)28-9-4-21-15-20(3-7-26(21)33-28)17-35-14-11-24(19-35)41-23-5-6-25-22(16-23)18-36(31(25)39)27-8-10-29(37)34-30(27)38/h3-7,9,15-16,24,27H,2,8,10-14,17-19H2,1H3,(H,34,37,38). The van der Waals surface area contributed by atoms with E-state index in [4.69, 9.17) is 14.5 Å². The number of pyridine rings is 1. The number of methoxy groups -OCH3 is 1. The zero-order valence-corrected chi connectivity index (χ0v) is 23.2. The molecule has 212 valence electrons. The van der Waals surface area contributed by atoms with E-state index in [1.807, 2.05) is 12.1 Å². The van der Waals surface area contributed by atoms with Crippen LogP contribution < -0.4 is 10.1 Å². The fourth-order valence-electron chi connectivity index (χ4n) is 6.70. The molecule has 0 spiro atoms. The number of imide groups is 1. The van der Waals surface area contributed by atoms with Crippen LogP contribution in [-0.2, 0) is 33.0 Å². The summed E-state index contributed by atoms with van der Waals surface area (Å²) in [4.78, 5) is 45.7. The fraction of sp³-hybridized carbons (Fsp3) is 0.438. The van der Waals surface area contributed by atoms with Crippen LogP contribution in [0.25, 0.3) is 10.9 Å². The van der Waals surface area contributed by atoms with E-state index in [0.29, 0.717) is 18.5 Å². The third-order valence-electron chi connectivity index (χ3n) is 9.21. The Morgan fingerprint density at radius 2 is 1.93 bits per heavy atom. The third kappa shape index (κ3) is 4.77. The number of rotatable bonds is 7. The Morgan fingerprint density at radius 1 is 1.05 bits per heavy atom. The maximum Gasteiger partial charge on any atom is 0.255 e. The minimum Gasteiger partial charge on any atom is -0.489 e. The van der Waals surface area contributed by atoms with Crippen LogP contribution in [0.15, 0.2) is 48.5 Å². The molecule has 7 rings (SSSR count). The lowest BCUT2D eigenvalue weighted by atomic mass is 9.77. The molecule has 0 radical (unpaired) electrons. The van der Waals surface area contributed by atoms with Crippen LogP contribution in [0.4, 0.5) is 0 Å². The van der Waals surface area contributed by atoms with Gasteiger partial charge in [-0.05, 0) is 79.6 Å². The molecule has 4 heterocycles. The van der Waals surface area contributed by atoms with Gasteiger partial charge < -0.3 is 14.4 Å². The zero-order valence-electron chi connectivity index (χ0n) is 23.2. The first-order chi connectivity index (χ1) is 19.9. The molecule has 2 unspecified atom stereocenters. The lowest BCUT2D eigenvalue weighted by Crippen LogP contribution is -2.52. The quantitative estimate of drug-likeness (QED) is 0.445. The molecule has 1 aromatic heterocycles. The van der Waals surface area contributed by atoms with Crippen molar-refractivity contribution in [1.29, 1.82) is 0 Å². The normalized spacial score (nSPS) is 23.9. The van der Waals surface area contributed by atoms with Crippen LogP contribution in [0.3, 0.4) is 0 Å². The fourth-order valence-corrected chi connectivity index (χ4v) is 6.70. The summed E-state index contributed by atoms with van der Waals surface area (Å²) in [5.41, 5.74) is 4.53. The van der Waals surface area contributed by atoms with Crippen molar-refractivity contribution < 1.29 is 23.9 Å². The topological polar surface area (TPSA) is 101 Å². The summed E-state index contributed by atoms with van der Waals surface area (Å²) in [6.07, 6.45) is 4.84. The molecule has 3 aliphatic heterocycles. The summed E-state index contributed by atoms with van der Waals surface area (Å²) in [6.45, 7) is 2.96. The summed E-state index contributed by atoms with van der Waals surface area (Å²) in [5, 5.41) is 3.49. The van der Waals surface area contributed by atoms with Crippen molar-refractivity contribution in [3.8, 4) is 5.75 Å². The van der Waals surface area contributed by atoms with Gasteiger partial charge in [0.2, 0.25) is 11.8 Å². The number of nitrogens with one attached hydrogen (secondary N) is 1. The van der Waals surface area contributed by atoms with Crippen LogP contribution in [-0.4, -0.2) is 64.9 Å². The van der Waals surface area contributed by atoms with E-state index in [9.17, 15) is 14.4 Å². The lowest BCUT2D eigenvalue weighted by molar-refractivity contribution is -0.136. The number of carbonyl (C=O) groups excluding carboxylic acids is 3. The molecule has 1 saturated carbocycles. The molecule has 0 bridgehead atoms. The van der Waals surface area contributed by atoms with Gasteiger partial charge in [0.1, 0.15) is 23.5 Å². The van der Waals surface area contributed by atoms with Gasteiger partial charge in [0.15, 0.2) is 0 Å². The van der Waals surface area contributed by atoms with Crippen molar-refractivity contribution in [1.82, 2.24) is 20.1 Å². The number of fused-ring (bicyclic) bond motifs is 2. The van der Waals surface area contributed by atoms with Gasteiger partial charge in [0, 0.05) is 50.7 Å². The largest absolute Gasteiger partial charge is 0.489 e. The second-order valence-corrected chi connectivity index (χ2v) is 11.8. The van der Waals surface area contributed by atoms with Gasteiger partial charge in [-0.25, -0.2) is 4.98 Å². The first-order valence-electron chi connectivity index (χ1n) is 14.5. The van der Waals surface area contributed by atoms with Crippen molar-refractivity contribution in [2.24, 2.45) is 0 Å². The van der Waals surface area contributed by atoms with Gasteiger partial charge in [-0.3, -0.25) is 24.6 Å². The molecule has 2 atom stereocenters. The second kappa shape index (κ2) is 10.2. The number of hydrogen-bond donors (Lipinski definition) is 1. The van der Waals surface area contributed by atoms with E-state index in [0.717, 1.165) is 66.8 Å². The molecule has 3 fully saturated rings. The molecule has 3 amide bonds. The van der Waals surface area contributed by atoms with Crippen molar-refractivity contribution >= 4 is 28.6 Å². The predicted octanol–water partition coefficient (Wildman–Crippen LogP) is 3.67. The van der Waals surface area contributed by atoms with Gasteiger partial charge in [-0.2, -0.15) is 0 Å². The summed E-state index contributed by atoms with van der Waals surface area (Å²) in [6, 6.07) is 15.7. The highest BCUT2D eigenvalue weighted by Gasteiger charge is 2.41. The van der Waals surface area contributed by atoms with Crippen LogP contribution >= 0.6 is 0 Å². The van der Waals surface area contributed by atoms with Gasteiger partial charge in [-0.15, -0.1) is 0 Å². The third-order valence-corrected chi connectivity index (χ3v) is 9.21. The zero-order chi connectivity index (χ0) is 28.1. The number of ether oxygens (including phenoxy) is 2. The number of benzene rings is 2. The van der Waals surface area contributed by atoms with E-state index in [-0.39, 0.29) is 29.9 Å². The lowest BCUT2D eigenvalue weighted by Gasteiger charge is -2.39. The van der Waals surface area contributed by atoms with E-state index >= 15 is 0 Å². The number of amides is 3. The SMILES string of the molecule is COC1(c2ccc3cc(CN4CCC(Oc5ccc6c(c5)CN(C5CCC(=O)NC5=O)C6=O)C4)ccc3n2)CCC1. The van der Waals surface area contributed by atoms with Crippen LogP contribution in [0.1, 0.15) is 65.7 Å². The Kier molecular flexibility index (Phi) is 6.51. The molecule has 4 aliphatic rings. The highest BCUT2D eigenvalue weighted by atomic mass is 16.5. The van der Waals surface area contributed by atoms with E-state index in [1.54, 1.807) is 18.1 Å². The predicted molar refractivity (Wildman–Crippen MR) is 151 cm³/mol. The average molecular weight is 555 g/mol. The van der Waals surface area contributed by atoms with E-state index < -0.39 is 11.9 Å². The number of piperidine rings is 1. The molecule has 41 heavy (non-hydrogen) atoms.